The fourth-order valence-electron chi connectivity index (χ4n) is 4.33. The van der Waals surface area contributed by atoms with Crippen molar-refractivity contribution in [1.82, 2.24) is 13.8 Å². The van der Waals surface area contributed by atoms with Crippen molar-refractivity contribution in [2.75, 3.05) is 40.3 Å². The zero-order valence-electron chi connectivity index (χ0n) is 16.1. The number of hydrogen-bond acceptors (Lipinski definition) is 5. The second kappa shape index (κ2) is 6.34. The maximum absolute atomic E-state index is 13.3. The third-order valence-electron chi connectivity index (χ3n) is 5.87. The average Bonchev–Trinajstić information content (AvgIpc) is 3.15. The number of likely N-dealkylation sites (N-methyl/N-ethyl adjacent to an activating group) is 1. The van der Waals surface area contributed by atoms with Crippen molar-refractivity contribution < 1.29 is 13.2 Å². The molecule has 3 aromatic rings. The highest BCUT2D eigenvalue weighted by Gasteiger charge is 2.37. The van der Waals surface area contributed by atoms with E-state index in [4.69, 9.17) is 4.74 Å². The van der Waals surface area contributed by atoms with Gasteiger partial charge in [0.05, 0.1) is 23.2 Å². The Morgan fingerprint density at radius 3 is 2.54 bits per heavy atom. The lowest BCUT2D eigenvalue weighted by Gasteiger charge is -2.32. The van der Waals surface area contributed by atoms with E-state index in [1.165, 1.54) is 3.97 Å². The standard InChI is InChI=1S/C21H23N3O3S/c1-22-9-11-23(12-10-22)14-18-16-5-3-4-6-19(16)24-21(18)17-13-15(27-2)7-8-20(17)28(24,25)26/h3-8,13H,9-12,14H2,1-2H3. The molecule has 5 rings (SSSR count). The van der Waals surface area contributed by atoms with Gasteiger partial charge in [0.15, 0.2) is 0 Å². The number of ether oxygens (including phenoxy) is 1. The summed E-state index contributed by atoms with van der Waals surface area (Å²) in [5.74, 6) is 0.665. The van der Waals surface area contributed by atoms with E-state index in [-0.39, 0.29) is 0 Å². The maximum Gasteiger partial charge on any atom is 0.269 e. The first-order valence-electron chi connectivity index (χ1n) is 9.48. The number of para-hydroxylation sites is 1. The first-order chi connectivity index (χ1) is 13.5. The van der Waals surface area contributed by atoms with Gasteiger partial charge in [-0.1, -0.05) is 18.2 Å². The highest BCUT2D eigenvalue weighted by atomic mass is 32.2. The van der Waals surface area contributed by atoms with Crippen molar-refractivity contribution in [3.8, 4) is 17.0 Å². The Bertz CT molecular complexity index is 1180. The summed E-state index contributed by atoms with van der Waals surface area (Å²) in [4.78, 5) is 5.09. The topological polar surface area (TPSA) is 54.8 Å². The maximum atomic E-state index is 13.3. The largest absolute Gasteiger partial charge is 0.497 e. The molecule has 6 nitrogen and oxygen atoms in total. The van der Waals surface area contributed by atoms with Crippen LogP contribution in [0.15, 0.2) is 47.4 Å². The van der Waals surface area contributed by atoms with E-state index in [1.807, 2.05) is 30.3 Å². The number of rotatable bonds is 3. The van der Waals surface area contributed by atoms with Crippen molar-refractivity contribution in [3.05, 3.63) is 48.0 Å². The molecule has 7 heteroatoms. The predicted molar refractivity (Wildman–Crippen MR) is 109 cm³/mol. The van der Waals surface area contributed by atoms with Gasteiger partial charge in [-0.25, -0.2) is 12.4 Å². The smallest absolute Gasteiger partial charge is 0.269 e. The quantitative estimate of drug-likeness (QED) is 0.532. The highest BCUT2D eigenvalue weighted by Crippen LogP contribution is 2.46. The number of nitrogens with zero attached hydrogens (tertiary/aromatic N) is 3. The second-order valence-electron chi connectivity index (χ2n) is 7.56. The molecule has 1 aromatic heterocycles. The van der Waals surface area contributed by atoms with Crippen LogP contribution in [0.4, 0.5) is 0 Å². The molecule has 0 N–H and O–H groups in total. The van der Waals surface area contributed by atoms with Gasteiger partial charge in [0, 0.05) is 49.2 Å². The summed E-state index contributed by atoms with van der Waals surface area (Å²) in [6.45, 7) is 4.75. The Balaban J connectivity index is 1.74. The predicted octanol–water partition coefficient (Wildman–Crippen LogP) is 2.61. The molecule has 28 heavy (non-hydrogen) atoms. The summed E-state index contributed by atoms with van der Waals surface area (Å²) in [5.41, 5.74) is 3.35. The summed E-state index contributed by atoms with van der Waals surface area (Å²) in [6.07, 6.45) is 0. The number of piperazine rings is 1. The van der Waals surface area contributed by atoms with Gasteiger partial charge in [-0.15, -0.1) is 0 Å². The van der Waals surface area contributed by atoms with Gasteiger partial charge < -0.3 is 9.64 Å². The SMILES string of the molecule is COc1ccc2c(c1)-c1c(CN3CCN(C)CC3)c3ccccc3n1S2(=O)=O. The van der Waals surface area contributed by atoms with Crippen molar-refractivity contribution in [2.45, 2.75) is 11.4 Å². The molecule has 3 heterocycles. The fourth-order valence-corrected chi connectivity index (χ4v) is 6.07. The molecule has 2 aliphatic rings. The third-order valence-corrected chi connectivity index (χ3v) is 7.65. The lowest BCUT2D eigenvalue weighted by molar-refractivity contribution is 0.148. The van der Waals surface area contributed by atoms with Gasteiger partial charge in [-0.05, 0) is 31.3 Å². The summed E-state index contributed by atoms with van der Waals surface area (Å²) in [7, 11) is 0.129. The van der Waals surface area contributed by atoms with E-state index < -0.39 is 10.0 Å². The molecule has 0 aliphatic carbocycles. The molecule has 0 unspecified atom stereocenters. The molecule has 2 aromatic carbocycles. The molecule has 1 saturated heterocycles. The van der Waals surface area contributed by atoms with E-state index in [0.29, 0.717) is 10.6 Å². The molecule has 0 atom stereocenters. The zero-order chi connectivity index (χ0) is 19.5. The van der Waals surface area contributed by atoms with E-state index in [9.17, 15) is 8.42 Å². The van der Waals surface area contributed by atoms with E-state index in [1.54, 1.807) is 19.2 Å². The van der Waals surface area contributed by atoms with Gasteiger partial charge in [0.25, 0.3) is 10.0 Å². The molecular formula is C21H23N3O3S. The van der Waals surface area contributed by atoms with Crippen molar-refractivity contribution in [3.63, 3.8) is 0 Å². The second-order valence-corrected chi connectivity index (χ2v) is 9.31. The summed E-state index contributed by atoms with van der Waals surface area (Å²) >= 11 is 0. The Morgan fingerprint density at radius 2 is 1.79 bits per heavy atom. The van der Waals surface area contributed by atoms with Crippen LogP contribution in [-0.4, -0.2) is 62.5 Å². The van der Waals surface area contributed by atoms with E-state index in [2.05, 4.69) is 16.8 Å². The van der Waals surface area contributed by atoms with Crippen LogP contribution in [-0.2, 0) is 16.6 Å². The van der Waals surface area contributed by atoms with Gasteiger partial charge in [0.1, 0.15) is 5.75 Å². The summed E-state index contributed by atoms with van der Waals surface area (Å²) in [6, 6.07) is 13.0. The highest BCUT2D eigenvalue weighted by molar-refractivity contribution is 7.90. The van der Waals surface area contributed by atoms with Crippen LogP contribution in [0.5, 0.6) is 5.75 Å². The minimum Gasteiger partial charge on any atom is -0.497 e. The van der Waals surface area contributed by atoms with Crippen LogP contribution in [0, 0.1) is 0 Å². The first kappa shape index (κ1) is 17.7. The number of aromatic nitrogens is 1. The van der Waals surface area contributed by atoms with Gasteiger partial charge in [0.2, 0.25) is 0 Å². The van der Waals surface area contributed by atoms with Gasteiger partial charge in [-0.2, -0.15) is 0 Å². The van der Waals surface area contributed by atoms with Crippen LogP contribution in [0.3, 0.4) is 0 Å². The van der Waals surface area contributed by atoms with E-state index >= 15 is 0 Å². The summed E-state index contributed by atoms with van der Waals surface area (Å²) in [5, 5.41) is 1.01. The lowest BCUT2D eigenvalue weighted by Crippen LogP contribution is -2.43. The number of benzene rings is 2. The molecule has 146 valence electrons. The van der Waals surface area contributed by atoms with Crippen LogP contribution < -0.4 is 4.74 Å². The number of methoxy groups -OCH3 is 1. The molecule has 2 aliphatic heterocycles. The Hall–Kier alpha value is -2.35. The third kappa shape index (κ3) is 2.50. The Morgan fingerprint density at radius 1 is 1.04 bits per heavy atom. The minimum absolute atomic E-state index is 0.355. The van der Waals surface area contributed by atoms with Crippen molar-refractivity contribution in [1.29, 1.82) is 0 Å². The normalized spacial score (nSPS) is 18.9. The molecule has 0 spiro atoms. The van der Waals surface area contributed by atoms with Crippen molar-refractivity contribution in [2.24, 2.45) is 0 Å². The van der Waals surface area contributed by atoms with Crippen LogP contribution in [0.25, 0.3) is 22.2 Å². The molecule has 0 bridgehead atoms. The number of fused-ring (bicyclic) bond motifs is 5. The molecule has 0 amide bonds. The average molecular weight is 398 g/mol. The monoisotopic (exact) mass is 397 g/mol. The van der Waals surface area contributed by atoms with Crippen LogP contribution in [0.1, 0.15) is 5.56 Å². The van der Waals surface area contributed by atoms with Gasteiger partial charge in [-0.3, -0.25) is 4.90 Å². The Kier molecular flexibility index (Phi) is 4.01. The Labute approximate surface area is 165 Å². The number of hydrogen-bond donors (Lipinski definition) is 0. The summed E-state index contributed by atoms with van der Waals surface area (Å²) < 4.78 is 33.6. The zero-order valence-corrected chi connectivity index (χ0v) is 16.9. The fraction of sp³-hybridized carbons (Fsp3) is 0.333. The van der Waals surface area contributed by atoms with E-state index in [0.717, 1.165) is 60.4 Å². The van der Waals surface area contributed by atoms with Crippen LogP contribution in [0.2, 0.25) is 0 Å². The molecule has 1 fully saturated rings. The molecule has 0 radical (unpaired) electrons. The van der Waals surface area contributed by atoms with Gasteiger partial charge >= 0.3 is 0 Å². The van der Waals surface area contributed by atoms with Crippen LogP contribution >= 0.6 is 0 Å². The first-order valence-corrected chi connectivity index (χ1v) is 10.9. The van der Waals surface area contributed by atoms with Crippen molar-refractivity contribution >= 4 is 20.9 Å². The minimum atomic E-state index is -3.61. The molecule has 0 saturated carbocycles. The lowest BCUT2D eigenvalue weighted by atomic mass is 10.0. The molecular weight excluding hydrogens is 374 g/mol.